The van der Waals surface area contributed by atoms with E-state index in [0.29, 0.717) is 19.4 Å². The number of rotatable bonds is 6. The van der Waals surface area contributed by atoms with Gasteiger partial charge >= 0.3 is 0 Å². The minimum absolute atomic E-state index is 0.158. The van der Waals surface area contributed by atoms with E-state index in [0.717, 1.165) is 10.0 Å². The van der Waals surface area contributed by atoms with Crippen LogP contribution < -0.4 is 5.73 Å². The number of methoxy groups -OCH3 is 1. The molecule has 1 rings (SSSR count). The summed E-state index contributed by atoms with van der Waals surface area (Å²) >= 11 is 3.40. The Hall–Kier alpha value is -0.870. The average molecular weight is 286 g/mol. The first-order valence-electron chi connectivity index (χ1n) is 5.16. The van der Waals surface area contributed by atoms with E-state index in [2.05, 4.69) is 15.9 Å². The standard InChI is InChI=1S/C12H16BrNO2/c1-16-6-5-10(12(14)15)7-9-3-2-4-11(13)8-9/h2-4,8,10H,5-7H2,1H3,(H2,14,15)/t10-/m1/s1. The van der Waals surface area contributed by atoms with E-state index in [4.69, 9.17) is 10.5 Å². The van der Waals surface area contributed by atoms with Gasteiger partial charge in [-0.3, -0.25) is 4.79 Å². The van der Waals surface area contributed by atoms with Crippen LogP contribution in [0.15, 0.2) is 28.7 Å². The Balaban J connectivity index is 2.64. The minimum Gasteiger partial charge on any atom is -0.385 e. The quantitative estimate of drug-likeness (QED) is 0.871. The van der Waals surface area contributed by atoms with Gasteiger partial charge in [-0.25, -0.2) is 0 Å². The molecular weight excluding hydrogens is 270 g/mol. The molecule has 2 N–H and O–H groups in total. The predicted octanol–water partition coefficient (Wildman–Crippen LogP) is 2.13. The summed E-state index contributed by atoms with van der Waals surface area (Å²) in [5.41, 5.74) is 6.46. The van der Waals surface area contributed by atoms with Crippen LogP contribution in [0, 0.1) is 5.92 Å². The van der Waals surface area contributed by atoms with Gasteiger partial charge in [-0.05, 0) is 30.5 Å². The topological polar surface area (TPSA) is 52.3 Å². The smallest absolute Gasteiger partial charge is 0.220 e. The van der Waals surface area contributed by atoms with E-state index in [9.17, 15) is 4.79 Å². The molecule has 0 aliphatic rings. The van der Waals surface area contributed by atoms with E-state index < -0.39 is 0 Å². The molecule has 0 heterocycles. The van der Waals surface area contributed by atoms with Gasteiger partial charge in [-0.15, -0.1) is 0 Å². The summed E-state index contributed by atoms with van der Waals surface area (Å²) in [6.07, 6.45) is 1.33. The summed E-state index contributed by atoms with van der Waals surface area (Å²) in [6.45, 7) is 0.557. The molecule has 4 heteroatoms. The highest BCUT2D eigenvalue weighted by atomic mass is 79.9. The number of benzene rings is 1. The molecule has 0 radical (unpaired) electrons. The molecule has 1 aromatic carbocycles. The van der Waals surface area contributed by atoms with Crippen LogP contribution in [0.5, 0.6) is 0 Å². The number of carbonyl (C=O) groups excluding carboxylic acids is 1. The zero-order chi connectivity index (χ0) is 12.0. The highest BCUT2D eigenvalue weighted by molar-refractivity contribution is 9.10. The third-order valence-electron chi connectivity index (χ3n) is 2.44. The molecule has 1 aromatic rings. The van der Waals surface area contributed by atoms with Crippen LogP contribution in [0.25, 0.3) is 0 Å². The zero-order valence-electron chi connectivity index (χ0n) is 9.28. The molecule has 0 aliphatic carbocycles. The van der Waals surface area contributed by atoms with E-state index in [1.807, 2.05) is 24.3 Å². The lowest BCUT2D eigenvalue weighted by Gasteiger charge is -2.12. The SMILES string of the molecule is COCC[C@H](Cc1cccc(Br)c1)C(N)=O. The molecule has 0 fully saturated rings. The third kappa shape index (κ3) is 4.33. The molecule has 0 aliphatic heterocycles. The van der Waals surface area contributed by atoms with Crippen molar-refractivity contribution in [2.45, 2.75) is 12.8 Å². The van der Waals surface area contributed by atoms with Crippen molar-refractivity contribution < 1.29 is 9.53 Å². The average Bonchev–Trinajstić information content (AvgIpc) is 2.24. The summed E-state index contributed by atoms with van der Waals surface area (Å²) in [6, 6.07) is 7.90. The van der Waals surface area contributed by atoms with Crippen molar-refractivity contribution in [3.63, 3.8) is 0 Å². The van der Waals surface area contributed by atoms with Gasteiger partial charge in [0.15, 0.2) is 0 Å². The van der Waals surface area contributed by atoms with E-state index >= 15 is 0 Å². The molecule has 0 saturated carbocycles. The van der Waals surface area contributed by atoms with Gasteiger partial charge in [0.25, 0.3) is 0 Å². The second-order valence-electron chi connectivity index (χ2n) is 3.71. The molecule has 0 aromatic heterocycles. The molecule has 0 saturated heterocycles. The lowest BCUT2D eigenvalue weighted by Crippen LogP contribution is -2.26. The number of hydrogen-bond acceptors (Lipinski definition) is 2. The first-order valence-corrected chi connectivity index (χ1v) is 5.95. The second kappa shape index (κ2) is 6.66. The van der Waals surface area contributed by atoms with Gasteiger partial charge in [0, 0.05) is 24.1 Å². The van der Waals surface area contributed by atoms with Gasteiger partial charge in [-0.2, -0.15) is 0 Å². The van der Waals surface area contributed by atoms with Gasteiger partial charge in [0.05, 0.1) is 0 Å². The van der Waals surface area contributed by atoms with Crippen molar-refractivity contribution in [2.24, 2.45) is 11.7 Å². The van der Waals surface area contributed by atoms with Crippen molar-refractivity contribution in [3.8, 4) is 0 Å². The maximum absolute atomic E-state index is 11.2. The number of carbonyl (C=O) groups is 1. The maximum Gasteiger partial charge on any atom is 0.220 e. The number of amides is 1. The minimum atomic E-state index is -0.267. The monoisotopic (exact) mass is 285 g/mol. The Labute approximate surface area is 104 Å². The molecule has 0 unspecified atom stereocenters. The fourth-order valence-corrected chi connectivity index (χ4v) is 2.00. The van der Waals surface area contributed by atoms with Crippen LogP contribution in [0.3, 0.4) is 0 Å². The van der Waals surface area contributed by atoms with Crippen LogP contribution >= 0.6 is 15.9 Å². The first kappa shape index (κ1) is 13.2. The van der Waals surface area contributed by atoms with Gasteiger partial charge < -0.3 is 10.5 Å². The first-order chi connectivity index (χ1) is 7.63. The molecule has 16 heavy (non-hydrogen) atoms. The Morgan fingerprint density at radius 1 is 1.56 bits per heavy atom. The highest BCUT2D eigenvalue weighted by Crippen LogP contribution is 2.16. The van der Waals surface area contributed by atoms with Crippen molar-refractivity contribution in [2.75, 3.05) is 13.7 Å². The van der Waals surface area contributed by atoms with Gasteiger partial charge in [0.1, 0.15) is 0 Å². The normalized spacial score (nSPS) is 12.4. The maximum atomic E-state index is 11.2. The van der Waals surface area contributed by atoms with Gasteiger partial charge in [0.2, 0.25) is 5.91 Å². The van der Waals surface area contributed by atoms with E-state index in [1.54, 1.807) is 7.11 Å². The highest BCUT2D eigenvalue weighted by Gasteiger charge is 2.15. The Kier molecular flexibility index (Phi) is 5.49. The Morgan fingerprint density at radius 2 is 2.31 bits per heavy atom. The number of primary amides is 1. The van der Waals surface area contributed by atoms with Crippen LogP contribution in [-0.4, -0.2) is 19.6 Å². The second-order valence-corrected chi connectivity index (χ2v) is 4.63. The molecular formula is C12H16BrNO2. The summed E-state index contributed by atoms with van der Waals surface area (Å²) in [7, 11) is 1.62. The summed E-state index contributed by atoms with van der Waals surface area (Å²) in [5.74, 6) is -0.425. The van der Waals surface area contributed by atoms with E-state index in [1.165, 1.54) is 0 Å². The molecule has 1 amide bonds. The fraction of sp³-hybridized carbons (Fsp3) is 0.417. The zero-order valence-corrected chi connectivity index (χ0v) is 10.9. The molecule has 3 nitrogen and oxygen atoms in total. The van der Waals surface area contributed by atoms with Crippen LogP contribution in [0.1, 0.15) is 12.0 Å². The third-order valence-corrected chi connectivity index (χ3v) is 2.94. The van der Waals surface area contributed by atoms with Crippen molar-refractivity contribution in [3.05, 3.63) is 34.3 Å². The summed E-state index contributed by atoms with van der Waals surface area (Å²) < 4.78 is 5.98. The van der Waals surface area contributed by atoms with Crippen molar-refractivity contribution >= 4 is 21.8 Å². The largest absolute Gasteiger partial charge is 0.385 e. The molecule has 88 valence electrons. The van der Waals surface area contributed by atoms with Gasteiger partial charge in [-0.1, -0.05) is 28.1 Å². The lowest BCUT2D eigenvalue weighted by atomic mass is 9.96. The molecule has 0 spiro atoms. The van der Waals surface area contributed by atoms with Crippen molar-refractivity contribution in [1.82, 2.24) is 0 Å². The van der Waals surface area contributed by atoms with E-state index in [-0.39, 0.29) is 11.8 Å². The number of ether oxygens (including phenoxy) is 1. The summed E-state index contributed by atoms with van der Waals surface area (Å²) in [5, 5.41) is 0. The number of halogens is 1. The Bertz CT molecular complexity index is 355. The van der Waals surface area contributed by atoms with Crippen LogP contribution in [-0.2, 0) is 16.0 Å². The Morgan fingerprint density at radius 3 is 2.88 bits per heavy atom. The van der Waals surface area contributed by atoms with Crippen LogP contribution in [0.4, 0.5) is 0 Å². The molecule has 0 bridgehead atoms. The number of nitrogens with two attached hydrogens (primary N) is 1. The summed E-state index contributed by atoms with van der Waals surface area (Å²) in [4.78, 5) is 11.2. The van der Waals surface area contributed by atoms with Crippen LogP contribution in [0.2, 0.25) is 0 Å². The number of hydrogen-bond donors (Lipinski definition) is 1. The fourth-order valence-electron chi connectivity index (χ4n) is 1.55. The predicted molar refractivity (Wildman–Crippen MR) is 67.0 cm³/mol. The molecule has 1 atom stereocenters. The van der Waals surface area contributed by atoms with Crippen molar-refractivity contribution in [1.29, 1.82) is 0 Å². The lowest BCUT2D eigenvalue weighted by molar-refractivity contribution is -0.122.